The van der Waals surface area contributed by atoms with Crippen LogP contribution in [-0.4, -0.2) is 40.1 Å². The number of nitrogens with zero attached hydrogens (tertiary/aromatic N) is 3. The Bertz CT molecular complexity index is 417. The molecule has 1 heterocycles. The summed E-state index contributed by atoms with van der Waals surface area (Å²) in [4.78, 5) is 14.3. The Kier molecular flexibility index (Phi) is 5.22. The van der Waals surface area contributed by atoms with Gasteiger partial charge in [-0.3, -0.25) is 4.79 Å². The van der Waals surface area contributed by atoms with Crippen LogP contribution in [0.1, 0.15) is 42.5 Å². The Hall–Kier alpha value is -1.49. The van der Waals surface area contributed by atoms with E-state index < -0.39 is 0 Å². The van der Waals surface area contributed by atoms with Gasteiger partial charge in [0.25, 0.3) is 5.91 Å². The highest BCUT2D eigenvalue weighted by molar-refractivity contribution is 5.95. The Balaban J connectivity index is 3.11. The van der Waals surface area contributed by atoms with Gasteiger partial charge in [-0.15, -0.1) is 0 Å². The molecule has 0 atom stereocenters. The van der Waals surface area contributed by atoms with Gasteiger partial charge in [0.2, 0.25) is 0 Å². The minimum atomic E-state index is -0.00898. The molecule has 0 aliphatic carbocycles. The molecule has 0 aliphatic rings. The highest BCUT2D eigenvalue weighted by atomic mass is 16.2. The fourth-order valence-corrected chi connectivity index (χ4v) is 1.85. The molecule has 0 fully saturated rings. The molecule has 0 saturated heterocycles. The van der Waals surface area contributed by atoms with Crippen LogP contribution in [0.4, 0.5) is 0 Å². The van der Waals surface area contributed by atoms with Crippen LogP contribution < -0.4 is 5.73 Å². The first-order valence-electron chi connectivity index (χ1n) is 6.35. The molecule has 0 radical (unpaired) electrons. The smallest absolute Gasteiger partial charge is 0.256 e. The number of nitrogens with two attached hydrogens (primary N) is 1. The van der Waals surface area contributed by atoms with E-state index in [4.69, 9.17) is 5.73 Å². The summed E-state index contributed by atoms with van der Waals surface area (Å²) >= 11 is 0. The van der Waals surface area contributed by atoms with Gasteiger partial charge in [0, 0.05) is 19.1 Å². The number of aromatic nitrogens is 2. The molecule has 100 valence electrons. The molecule has 1 aromatic rings. The highest BCUT2D eigenvalue weighted by Crippen LogP contribution is 2.13. The van der Waals surface area contributed by atoms with E-state index in [9.17, 15) is 4.79 Å². The molecule has 2 N–H and O–H groups in total. The Morgan fingerprint density at radius 1 is 1.44 bits per heavy atom. The monoisotopic (exact) mass is 250 g/mol. The Labute approximate surface area is 108 Å². The average molecular weight is 250 g/mol. The normalized spacial score (nSPS) is 10.8. The molecule has 18 heavy (non-hydrogen) atoms. The molecule has 1 amide bonds. The van der Waals surface area contributed by atoms with Gasteiger partial charge in [0.1, 0.15) is 0 Å². The lowest BCUT2D eigenvalue weighted by atomic mass is 10.1. The maximum absolute atomic E-state index is 12.5. The molecule has 0 saturated carbocycles. The van der Waals surface area contributed by atoms with E-state index in [0.717, 1.165) is 11.4 Å². The fourth-order valence-electron chi connectivity index (χ4n) is 1.85. The molecule has 0 aliphatic heterocycles. The van der Waals surface area contributed by atoms with E-state index in [1.807, 2.05) is 27.7 Å². The van der Waals surface area contributed by atoms with Crippen molar-refractivity contribution in [2.75, 3.05) is 13.1 Å². The van der Waals surface area contributed by atoms with E-state index in [-0.39, 0.29) is 11.9 Å². The van der Waals surface area contributed by atoms with Crippen LogP contribution in [0.25, 0.3) is 0 Å². The molecule has 0 spiro atoms. The molecular formula is C13H22N4O. The summed E-state index contributed by atoms with van der Waals surface area (Å²) in [5, 5.41) is 8.09. The molecule has 1 aromatic heterocycles. The lowest BCUT2D eigenvalue weighted by Crippen LogP contribution is -2.40. The van der Waals surface area contributed by atoms with Gasteiger partial charge in [-0.2, -0.15) is 10.2 Å². The topological polar surface area (TPSA) is 72.1 Å². The zero-order valence-electron chi connectivity index (χ0n) is 11.6. The van der Waals surface area contributed by atoms with Gasteiger partial charge < -0.3 is 10.6 Å². The summed E-state index contributed by atoms with van der Waals surface area (Å²) in [6, 6.07) is 1.93. The summed E-state index contributed by atoms with van der Waals surface area (Å²) in [6.45, 7) is 8.80. The van der Waals surface area contributed by atoms with Crippen molar-refractivity contribution in [1.82, 2.24) is 15.1 Å². The van der Waals surface area contributed by atoms with Gasteiger partial charge in [-0.05, 0) is 33.3 Å². The minimum Gasteiger partial charge on any atom is -0.335 e. The second-order valence-electron chi connectivity index (χ2n) is 4.58. The van der Waals surface area contributed by atoms with Crippen LogP contribution in [-0.2, 0) is 6.42 Å². The summed E-state index contributed by atoms with van der Waals surface area (Å²) in [6.07, 6.45) is 0.697. The lowest BCUT2D eigenvalue weighted by Gasteiger charge is -2.26. The van der Waals surface area contributed by atoms with Crippen LogP contribution in [0.2, 0.25) is 0 Å². The molecule has 1 rings (SSSR count). The largest absolute Gasteiger partial charge is 0.335 e. The average Bonchev–Trinajstić information content (AvgIpc) is 2.34. The number of carbonyl (C=O) groups excluding carboxylic acids is 1. The zero-order chi connectivity index (χ0) is 13.7. The van der Waals surface area contributed by atoms with Crippen LogP contribution >= 0.6 is 0 Å². The van der Waals surface area contributed by atoms with E-state index in [1.165, 1.54) is 0 Å². The number of rotatable bonds is 5. The summed E-state index contributed by atoms with van der Waals surface area (Å²) in [7, 11) is 0. The van der Waals surface area contributed by atoms with E-state index in [1.54, 1.807) is 11.0 Å². The lowest BCUT2D eigenvalue weighted by molar-refractivity contribution is 0.0710. The molecule has 0 unspecified atom stereocenters. The SMILES string of the molecule is CCc1nnc(C)cc1C(=O)N(CCN)C(C)C. The van der Waals surface area contributed by atoms with Crippen molar-refractivity contribution in [2.45, 2.75) is 40.2 Å². The Morgan fingerprint density at radius 3 is 2.61 bits per heavy atom. The second kappa shape index (κ2) is 6.44. The molecule has 5 nitrogen and oxygen atoms in total. The van der Waals surface area contributed by atoms with Crippen molar-refractivity contribution in [2.24, 2.45) is 5.73 Å². The Morgan fingerprint density at radius 2 is 2.11 bits per heavy atom. The first-order valence-corrected chi connectivity index (χ1v) is 6.35. The van der Waals surface area contributed by atoms with Crippen LogP contribution in [0, 0.1) is 6.92 Å². The zero-order valence-corrected chi connectivity index (χ0v) is 11.6. The predicted molar refractivity (Wildman–Crippen MR) is 71.4 cm³/mol. The van der Waals surface area contributed by atoms with Gasteiger partial charge in [-0.1, -0.05) is 6.92 Å². The standard InChI is InChI=1S/C13H22N4O/c1-5-12-11(8-10(4)15-16-12)13(18)17(7-6-14)9(2)3/h8-9H,5-7,14H2,1-4H3. The van der Waals surface area contributed by atoms with E-state index >= 15 is 0 Å². The van der Waals surface area contributed by atoms with Gasteiger partial charge >= 0.3 is 0 Å². The molecule has 0 bridgehead atoms. The van der Waals surface area contributed by atoms with Crippen molar-refractivity contribution in [3.63, 3.8) is 0 Å². The number of hydrogen-bond donors (Lipinski definition) is 1. The summed E-state index contributed by atoms with van der Waals surface area (Å²) in [5.74, 6) is -0.00898. The number of aryl methyl sites for hydroxylation is 2. The third kappa shape index (κ3) is 3.26. The van der Waals surface area contributed by atoms with Gasteiger partial charge in [0.05, 0.1) is 17.0 Å². The van der Waals surface area contributed by atoms with Crippen molar-refractivity contribution in [3.8, 4) is 0 Å². The first-order chi connectivity index (χ1) is 8.51. The number of amides is 1. The van der Waals surface area contributed by atoms with Crippen LogP contribution in [0.3, 0.4) is 0 Å². The van der Waals surface area contributed by atoms with Crippen LogP contribution in [0.15, 0.2) is 6.07 Å². The highest BCUT2D eigenvalue weighted by Gasteiger charge is 2.21. The molecule has 5 heteroatoms. The quantitative estimate of drug-likeness (QED) is 0.851. The minimum absolute atomic E-state index is 0.00898. The van der Waals surface area contributed by atoms with Crippen molar-refractivity contribution in [3.05, 3.63) is 23.0 Å². The predicted octanol–water partition coefficient (Wildman–Crippen LogP) is 1.16. The molecule has 0 aromatic carbocycles. The maximum Gasteiger partial charge on any atom is 0.256 e. The van der Waals surface area contributed by atoms with Crippen molar-refractivity contribution < 1.29 is 4.79 Å². The molecular weight excluding hydrogens is 228 g/mol. The van der Waals surface area contributed by atoms with Gasteiger partial charge in [0.15, 0.2) is 0 Å². The van der Waals surface area contributed by atoms with E-state index in [0.29, 0.717) is 25.1 Å². The summed E-state index contributed by atoms with van der Waals surface area (Å²) < 4.78 is 0. The fraction of sp³-hybridized carbons (Fsp3) is 0.615. The van der Waals surface area contributed by atoms with Gasteiger partial charge in [-0.25, -0.2) is 0 Å². The third-order valence-corrected chi connectivity index (χ3v) is 2.81. The second-order valence-corrected chi connectivity index (χ2v) is 4.58. The first kappa shape index (κ1) is 14.6. The van der Waals surface area contributed by atoms with Crippen molar-refractivity contribution in [1.29, 1.82) is 0 Å². The number of carbonyl (C=O) groups is 1. The maximum atomic E-state index is 12.5. The summed E-state index contributed by atoms with van der Waals surface area (Å²) in [5.41, 5.74) is 7.71. The third-order valence-electron chi connectivity index (χ3n) is 2.81. The van der Waals surface area contributed by atoms with E-state index in [2.05, 4.69) is 10.2 Å². The van der Waals surface area contributed by atoms with Crippen LogP contribution in [0.5, 0.6) is 0 Å². The number of hydrogen-bond acceptors (Lipinski definition) is 4. The van der Waals surface area contributed by atoms with Crippen molar-refractivity contribution >= 4 is 5.91 Å².